The Morgan fingerprint density at radius 3 is 2.78 bits per heavy atom. The van der Waals surface area contributed by atoms with E-state index in [2.05, 4.69) is 5.32 Å². The summed E-state index contributed by atoms with van der Waals surface area (Å²) in [4.78, 5) is 10.9. The van der Waals surface area contributed by atoms with Crippen molar-refractivity contribution in [3.8, 4) is 0 Å². The molecule has 98 valence electrons. The van der Waals surface area contributed by atoms with E-state index in [1.807, 2.05) is 6.92 Å². The third-order valence-corrected chi connectivity index (χ3v) is 3.41. The average molecular weight is 255 g/mol. The molecule has 2 atom stereocenters. The minimum absolute atomic E-state index is 0.0174. The predicted octanol–water partition coefficient (Wildman–Crippen LogP) is 2.67. The van der Waals surface area contributed by atoms with Crippen molar-refractivity contribution in [3.63, 3.8) is 0 Å². The quantitative estimate of drug-likeness (QED) is 0.873. The molecule has 0 amide bonds. The third kappa shape index (κ3) is 2.51. The van der Waals surface area contributed by atoms with Gasteiger partial charge >= 0.3 is 5.97 Å². The van der Waals surface area contributed by atoms with Gasteiger partial charge in [0, 0.05) is 18.2 Å². The summed E-state index contributed by atoms with van der Waals surface area (Å²) in [7, 11) is 0. The lowest BCUT2D eigenvalue weighted by atomic mass is 9.95. The first kappa shape index (κ1) is 13.0. The van der Waals surface area contributed by atoms with E-state index in [4.69, 9.17) is 5.11 Å². The van der Waals surface area contributed by atoms with E-state index < -0.39 is 18.3 Å². The van der Waals surface area contributed by atoms with Crippen molar-refractivity contribution in [1.29, 1.82) is 0 Å². The second-order valence-electron chi connectivity index (χ2n) is 4.65. The zero-order valence-corrected chi connectivity index (χ0v) is 9.99. The molecule has 3 nitrogen and oxygen atoms in total. The first-order chi connectivity index (χ1) is 8.49. The molecule has 0 aromatic heterocycles. The summed E-state index contributed by atoms with van der Waals surface area (Å²) in [5.41, 5.74) is 1.66. The number of hydrogen-bond acceptors (Lipinski definition) is 2. The maximum absolute atomic E-state index is 12.7. The molecule has 1 aliphatic rings. The van der Waals surface area contributed by atoms with Gasteiger partial charge in [-0.05, 0) is 30.5 Å². The first-order valence-corrected chi connectivity index (χ1v) is 5.84. The van der Waals surface area contributed by atoms with Crippen LogP contribution in [0.15, 0.2) is 18.2 Å². The molecule has 1 aromatic rings. The highest BCUT2D eigenvalue weighted by atomic mass is 19.3. The zero-order valence-electron chi connectivity index (χ0n) is 9.99. The number of hydrogen-bond donors (Lipinski definition) is 2. The van der Waals surface area contributed by atoms with Crippen LogP contribution in [0, 0.1) is 12.8 Å². The molecule has 18 heavy (non-hydrogen) atoms. The van der Waals surface area contributed by atoms with Crippen LogP contribution in [0.3, 0.4) is 0 Å². The number of carboxylic acid groups (broad SMARTS) is 1. The van der Waals surface area contributed by atoms with Crippen LogP contribution in [-0.4, -0.2) is 17.6 Å². The summed E-state index contributed by atoms with van der Waals surface area (Å²) in [6.07, 6.45) is -2.05. The van der Waals surface area contributed by atoms with Gasteiger partial charge in [0.15, 0.2) is 0 Å². The van der Waals surface area contributed by atoms with E-state index >= 15 is 0 Å². The van der Waals surface area contributed by atoms with Crippen LogP contribution < -0.4 is 5.32 Å². The van der Waals surface area contributed by atoms with Crippen LogP contribution in [0.25, 0.3) is 0 Å². The molecule has 2 N–H and O–H groups in total. The Kier molecular flexibility index (Phi) is 3.61. The van der Waals surface area contributed by atoms with Gasteiger partial charge < -0.3 is 10.4 Å². The fourth-order valence-corrected chi connectivity index (χ4v) is 2.33. The summed E-state index contributed by atoms with van der Waals surface area (Å²) in [5, 5.41) is 12.0. The fourth-order valence-electron chi connectivity index (χ4n) is 2.33. The molecule has 1 fully saturated rings. The van der Waals surface area contributed by atoms with E-state index in [0.29, 0.717) is 13.0 Å². The van der Waals surface area contributed by atoms with Crippen molar-refractivity contribution >= 4 is 5.97 Å². The van der Waals surface area contributed by atoms with E-state index in [9.17, 15) is 13.6 Å². The smallest absolute Gasteiger partial charge is 0.307 e. The Morgan fingerprint density at radius 1 is 1.50 bits per heavy atom. The van der Waals surface area contributed by atoms with Crippen molar-refractivity contribution in [1.82, 2.24) is 5.32 Å². The molecule has 1 saturated heterocycles. The number of nitrogens with one attached hydrogen (secondary N) is 1. The number of carboxylic acids is 1. The third-order valence-electron chi connectivity index (χ3n) is 3.41. The highest BCUT2D eigenvalue weighted by Gasteiger charge is 2.31. The molecule has 0 saturated carbocycles. The van der Waals surface area contributed by atoms with Crippen LogP contribution >= 0.6 is 0 Å². The van der Waals surface area contributed by atoms with Gasteiger partial charge in [0.2, 0.25) is 0 Å². The lowest BCUT2D eigenvalue weighted by Gasteiger charge is -2.15. The van der Waals surface area contributed by atoms with Crippen LogP contribution in [0.1, 0.15) is 35.6 Å². The van der Waals surface area contributed by atoms with Crippen molar-refractivity contribution in [2.24, 2.45) is 5.92 Å². The van der Waals surface area contributed by atoms with Gasteiger partial charge in [-0.25, -0.2) is 8.78 Å². The number of rotatable bonds is 3. The molecule has 1 aliphatic heterocycles. The Bertz CT molecular complexity index is 462. The van der Waals surface area contributed by atoms with E-state index in [-0.39, 0.29) is 11.6 Å². The molecule has 0 bridgehead atoms. The summed E-state index contributed by atoms with van der Waals surface area (Å²) in [6, 6.07) is 4.39. The van der Waals surface area contributed by atoms with Gasteiger partial charge in [-0.3, -0.25) is 4.79 Å². The average Bonchev–Trinajstić information content (AvgIpc) is 2.78. The lowest BCUT2D eigenvalue weighted by molar-refractivity contribution is -0.141. The highest BCUT2D eigenvalue weighted by molar-refractivity contribution is 5.70. The molecular weight excluding hydrogens is 240 g/mol. The molecule has 2 rings (SSSR count). The van der Waals surface area contributed by atoms with Gasteiger partial charge in [0.05, 0.1) is 5.92 Å². The van der Waals surface area contributed by atoms with E-state index in [0.717, 1.165) is 11.1 Å². The van der Waals surface area contributed by atoms with Crippen molar-refractivity contribution in [3.05, 3.63) is 34.9 Å². The number of aliphatic carboxylic acids is 1. The standard InChI is InChI=1S/C13H15F2NO2/c1-7-2-3-8(12(14)15)4-10(7)11-5-9(6-16-11)13(17)18/h2-4,9,11-12,16H,5-6H2,1H3,(H,17,18). The maximum atomic E-state index is 12.7. The highest BCUT2D eigenvalue weighted by Crippen LogP contribution is 2.32. The number of benzene rings is 1. The second kappa shape index (κ2) is 5.02. The molecule has 0 aliphatic carbocycles. The topological polar surface area (TPSA) is 49.3 Å². The molecule has 0 spiro atoms. The van der Waals surface area contributed by atoms with Crippen molar-refractivity contribution < 1.29 is 18.7 Å². The van der Waals surface area contributed by atoms with Gasteiger partial charge in [-0.15, -0.1) is 0 Å². The predicted molar refractivity (Wildman–Crippen MR) is 62.6 cm³/mol. The minimum atomic E-state index is -2.50. The summed E-state index contributed by atoms with van der Waals surface area (Å²) < 4.78 is 25.3. The summed E-state index contributed by atoms with van der Waals surface area (Å²) >= 11 is 0. The maximum Gasteiger partial charge on any atom is 0.307 e. The van der Waals surface area contributed by atoms with E-state index in [1.165, 1.54) is 12.1 Å². The Labute approximate surface area is 104 Å². The van der Waals surface area contributed by atoms with Gasteiger partial charge in [-0.1, -0.05) is 12.1 Å². The second-order valence-corrected chi connectivity index (χ2v) is 4.65. The molecular formula is C13H15F2NO2. The monoisotopic (exact) mass is 255 g/mol. The molecule has 2 unspecified atom stereocenters. The Hall–Kier alpha value is -1.49. The zero-order chi connectivity index (χ0) is 13.3. The lowest BCUT2D eigenvalue weighted by Crippen LogP contribution is -2.17. The van der Waals surface area contributed by atoms with Crippen molar-refractivity contribution in [2.45, 2.75) is 25.8 Å². The number of carbonyl (C=O) groups is 1. The van der Waals surface area contributed by atoms with Gasteiger partial charge in [0.1, 0.15) is 0 Å². The van der Waals surface area contributed by atoms with Gasteiger partial charge in [0.25, 0.3) is 6.43 Å². The SMILES string of the molecule is Cc1ccc(C(F)F)cc1C1CC(C(=O)O)CN1. The number of alkyl halides is 2. The van der Waals surface area contributed by atoms with Gasteiger partial charge in [-0.2, -0.15) is 0 Å². The molecule has 1 heterocycles. The summed E-state index contributed by atoms with van der Waals surface area (Å²) in [6.45, 7) is 2.23. The number of halogens is 2. The van der Waals surface area contributed by atoms with Crippen LogP contribution in [0.5, 0.6) is 0 Å². The molecule has 1 aromatic carbocycles. The van der Waals surface area contributed by atoms with E-state index in [1.54, 1.807) is 6.07 Å². The molecule has 5 heteroatoms. The molecule has 0 radical (unpaired) electrons. The van der Waals surface area contributed by atoms with Crippen LogP contribution in [0.4, 0.5) is 8.78 Å². The van der Waals surface area contributed by atoms with Crippen LogP contribution in [0.2, 0.25) is 0 Å². The first-order valence-electron chi connectivity index (χ1n) is 5.84. The fraction of sp³-hybridized carbons (Fsp3) is 0.462. The largest absolute Gasteiger partial charge is 0.481 e. The Balaban J connectivity index is 2.23. The number of aryl methyl sites for hydroxylation is 1. The van der Waals surface area contributed by atoms with Crippen LogP contribution in [-0.2, 0) is 4.79 Å². The Morgan fingerprint density at radius 2 is 2.22 bits per heavy atom. The normalized spacial score (nSPS) is 23.6. The minimum Gasteiger partial charge on any atom is -0.481 e. The summed E-state index contributed by atoms with van der Waals surface area (Å²) in [5.74, 6) is -1.28. The van der Waals surface area contributed by atoms with Crippen molar-refractivity contribution in [2.75, 3.05) is 6.54 Å².